The number of aromatic nitrogens is 1. The van der Waals surface area contributed by atoms with Gasteiger partial charge in [-0.3, -0.25) is 9.78 Å². The molecule has 1 aromatic heterocycles. The van der Waals surface area contributed by atoms with E-state index in [1.807, 2.05) is 17.0 Å². The second kappa shape index (κ2) is 8.88. The van der Waals surface area contributed by atoms with Gasteiger partial charge in [-0.1, -0.05) is 0 Å². The Morgan fingerprint density at radius 2 is 2.33 bits per heavy atom. The van der Waals surface area contributed by atoms with Crippen LogP contribution in [0.5, 0.6) is 5.75 Å². The van der Waals surface area contributed by atoms with E-state index in [9.17, 15) is 9.18 Å². The quantitative estimate of drug-likeness (QED) is 0.623. The Morgan fingerprint density at radius 3 is 3.04 bits per heavy atom. The number of thiocarbonyl (C=S) groups is 1. The van der Waals surface area contributed by atoms with E-state index in [1.165, 1.54) is 19.1 Å². The molecule has 1 aliphatic rings. The third kappa shape index (κ3) is 5.21. The van der Waals surface area contributed by atoms with Gasteiger partial charge in [0.1, 0.15) is 24.3 Å². The standard InChI is InChI=1S/C19H20FN3O3S/c1-13(24)17-5-4-15(9-18(17)20)26-12-16-11-23(7-8-25-16)19(27)22-14-3-2-6-21-10-14/h2-6,9-10,16H,7-8,11-12H2,1H3,(H,22,27). The average Bonchev–Trinajstić information content (AvgIpc) is 2.67. The highest BCUT2D eigenvalue weighted by atomic mass is 32.1. The van der Waals surface area contributed by atoms with Crippen molar-refractivity contribution >= 4 is 28.8 Å². The summed E-state index contributed by atoms with van der Waals surface area (Å²) in [6.45, 7) is 3.32. The van der Waals surface area contributed by atoms with E-state index in [2.05, 4.69) is 10.3 Å². The molecule has 0 amide bonds. The number of hydrogen-bond acceptors (Lipinski definition) is 5. The van der Waals surface area contributed by atoms with Crippen molar-refractivity contribution in [1.82, 2.24) is 9.88 Å². The van der Waals surface area contributed by atoms with Crippen LogP contribution in [0.4, 0.5) is 10.1 Å². The first kappa shape index (κ1) is 19.2. The summed E-state index contributed by atoms with van der Waals surface area (Å²) in [7, 11) is 0. The molecule has 0 bridgehead atoms. The molecule has 1 N–H and O–H groups in total. The average molecular weight is 389 g/mol. The Kier molecular flexibility index (Phi) is 6.31. The topological polar surface area (TPSA) is 63.7 Å². The molecular weight excluding hydrogens is 369 g/mol. The monoisotopic (exact) mass is 389 g/mol. The number of pyridine rings is 1. The van der Waals surface area contributed by atoms with Crippen LogP contribution >= 0.6 is 12.2 Å². The molecule has 0 spiro atoms. The van der Waals surface area contributed by atoms with Gasteiger partial charge in [0.2, 0.25) is 0 Å². The molecule has 1 unspecified atom stereocenters. The molecule has 0 saturated carbocycles. The van der Waals surface area contributed by atoms with E-state index in [1.54, 1.807) is 18.5 Å². The van der Waals surface area contributed by atoms with Crippen molar-refractivity contribution in [2.24, 2.45) is 0 Å². The fourth-order valence-electron chi connectivity index (χ4n) is 2.70. The molecule has 0 radical (unpaired) electrons. The summed E-state index contributed by atoms with van der Waals surface area (Å²) in [6, 6.07) is 7.94. The summed E-state index contributed by atoms with van der Waals surface area (Å²) < 4.78 is 25.2. The lowest BCUT2D eigenvalue weighted by atomic mass is 10.1. The maximum Gasteiger partial charge on any atom is 0.173 e. The maximum absolute atomic E-state index is 13.9. The van der Waals surface area contributed by atoms with Crippen molar-refractivity contribution in [3.63, 3.8) is 0 Å². The van der Waals surface area contributed by atoms with Gasteiger partial charge in [0.05, 0.1) is 24.1 Å². The number of anilines is 1. The van der Waals surface area contributed by atoms with Gasteiger partial charge >= 0.3 is 0 Å². The summed E-state index contributed by atoms with van der Waals surface area (Å²) in [6.07, 6.45) is 3.19. The Bertz CT molecular complexity index is 819. The van der Waals surface area contributed by atoms with Gasteiger partial charge in [-0.2, -0.15) is 0 Å². The van der Waals surface area contributed by atoms with Crippen molar-refractivity contribution < 1.29 is 18.7 Å². The van der Waals surface area contributed by atoms with Gasteiger partial charge in [-0.25, -0.2) is 4.39 Å². The molecule has 27 heavy (non-hydrogen) atoms. The van der Waals surface area contributed by atoms with Crippen LogP contribution in [-0.4, -0.2) is 53.2 Å². The van der Waals surface area contributed by atoms with Crippen molar-refractivity contribution in [2.75, 3.05) is 31.6 Å². The third-order valence-corrected chi connectivity index (χ3v) is 4.45. The molecule has 1 saturated heterocycles. The Morgan fingerprint density at radius 1 is 1.48 bits per heavy atom. The number of hydrogen-bond donors (Lipinski definition) is 1. The van der Waals surface area contributed by atoms with Crippen molar-refractivity contribution in [3.05, 3.63) is 54.1 Å². The number of Topliss-reactive ketones (excluding diaryl/α,β-unsaturated/α-hetero) is 1. The molecule has 6 nitrogen and oxygen atoms in total. The number of rotatable bonds is 5. The summed E-state index contributed by atoms with van der Waals surface area (Å²) in [5.74, 6) is -0.553. The number of carbonyl (C=O) groups excluding carboxylic acids is 1. The van der Waals surface area contributed by atoms with Crippen LogP contribution in [0.2, 0.25) is 0 Å². The molecule has 2 aromatic rings. The van der Waals surface area contributed by atoms with Gasteiger partial charge in [0.15, 0.2) is 10.9 Å². The zero-order valence-electron chi connectivity index (χ0n) is 14.9. The van der Waals surface area contributed by atoms with E-state index in [4.69, 9.17) is 21.7 Å². The van der Waals surface area contributed by atoms with Gasteiger partial charge < -0.3 is 19.7 Å². The van der Waals surface area contributed by atoms with Crippen LogP contribution in [-0.2, 0) is 4.74 Å². The van der Waals surface area contributed by atoms with Gasteiger partial charge in [0, 0.05) is 25.4 Å². The maximum atomic E-state index is 13.9. The fourth-order valence-corrected chi connectivity index (χ4v) is 2.99. The van der Waals surface area contributed by atoms with Gasteiger partial charge in [-0.15, -0.1) is 0 Å². The Labute approximate surface area is 162 Å². The summed E-state index contributed by atoms with van der Waals surface area (Å²) >= 11 is 5.45. The van der Waals surface area contributed by atoms with Gasteiger partial charge in [0.25, 0.3) is 0 Å². The number of morpholine rings is 1. The highest BCUT2D eigenvalue weighted by molar-refractivity contribution is 7.80. The van der Waals surface area contributed by atoms with Crippen molar-refractivity contribution in [3.8, 4) is 5.75 Å². The van der Waals surface area contributed by atoms with Crippen molar-refractivity contribution in [1.29, 1.82) is 0 Å². The molecule has 3 rings (SSSR count). The minimum atomic E-state index is -0.590. The molecule has 1 aliphatic heterocycles. The number of ketones is 1. The SMILES string of the molecule is CC(=O)c1ccc(OCC2CN(C(=S)Nc3cccnc3)CCO2)cc1F. The van der Waals surface area contributed by atoms with Crippen LogP contribution in [0, 0.1) is 5.82 Å². The van der Waals surface area contributed by atoms with Gasteiger partial charge in [-0.05, 0) is 43.4 Å². The van der Waals surface area contributed by atoms with Crippen LogP contribution in [0.15, 0.2) is 42.7 Å². The second-order valence-corrected chi connectivity index (χ2v) is 6.51. The molecule has 1 atom stereocenters. The number of nitrogens with zero attached hydrogens (tertiary/aromatic N) is 2. The largest absolute Gasteiger partial charge is 0.491 e. The lowest BCUT2D eigenvalue weighted by Crippen LogP contribution is -2.49. The fraction of sp³-hybridized carbons (Fsp3) is 0.316. The van der Waals surface area contributed by atoms with Crippen LogP contribution in [0.3, 0.4) is 0 Å². The molecular formula is C19H20FN3O3S. The molecule has 2 heterocycles. The lowest BCUT2D eigenvalue weighted by Gasteiger charge is -2.34. The Balaban J connectivity index is 1.53. The first-order valence-electron chi connectivity index (χ1n) is 8.54. The first-order chi connectivity index (χ1) is 13.0. The summed E-state index contributed by atoms with van der Waals surface area (Å²) in [4.78, 5) is 17.3. The lowest BCUT2D eigenvalue weighted by molar-refractivity contribution is -0.0280. The molecule has 1 fully saturated rings. The predicted octanol–water partition coefficient (Wildman–Crippen LogP) is 2.90. The summed E-state index contributed by atoms with van der Waals surface area (Å²) in [5.41, 5.74) is 0.872. The smallest absolute Gasteiger partial charge is 0.173 e. The minimum Gasteiger partial charge on any atom is -0.491 e. The molecule has 8 heteroatoms. The van der Waals surface area contributed by atoms with Crippen LogP contribution < -0.4 is 10.1 Å². The zero-order chi connectivity index (χ0) is 19.2. The summed E-state index contributed by atoms with van der Waals surface area (Å²) in [5, 5.41) is 3.74. The van der Waals surface area contributed by atoms with E-state index < -0.39 is 5.82 Å². The van der Waals surface area contributed by atoms with Crippen molar-refractivity contribution in [2.45, 2.75) is 13.0 Å². The third-order valence-electron chi connectivity index (χ3n) is 4.09. The normalized spacial score (nSPS) is 16.7. The van der Waals surface area contributed by atoms with Crippen LogP contribution in [0.25, 0.3) is 0 Å². The van der Waals surface area contributed by atoms with E-state index in [0.717, 1.165) is 5.69 Å². The minimum absolute atomic E-state index is 0.0502. The number of ether oxygens (including phenoxy) is 2. The molecule has 0 aliphatic carbocycles. The first-order valence-corrected chi connectivity index (χ1v) is 8.94. The number of halogens is 1. The van der Waals surface area contributed by atoms with E-state index in [0.29, 0.717) is 30.6 Å². The number of carbonyl (C=O) groups is 1. The number of benzene rings is 1. The zero-order valence-corrected chi connectivity index (χ0v) is 15.7. The second-order valence-electron chi connectivity index (χ2n) is 6.12. The highest BCUT2D eigenvalue weighted by Crippen LogP contribution is 2.18. The number of nitrogens with one attached hydrogen (secondary N) is 1. The Hall–Kier alpha value is -2.58. The molecule has 142 valence electrons. The van der Waals surface area contributed by atoms with E-state index in [-0.39, 0.29) is 24.1 Å². The van der Waals surface area contributed by atoms with Crippen LogP contribution in [0.1, 0.15) is 17.3 Å². The highest BCUT2D eigenvalue weighted by Gasteiger charge is 2.23. The van der Waals surface area contributed by atoms with E-state index >= 15 is 0 Å². The predicted molar refractivity (Wildman–Crippen MR) is 104 cm³/mol. The molecule has 1 aromatic carbocycles.